The summed E-state index contributed by atoms with van der Waals surface area (Å²) in [4.78, 5) is 64.1. The fourth-order valence-corrected chi connectivity index (χ4v) is 7.46. The molecule has 0 aromatic carbocycles. The second kappa shape index (κ2) is 30.8. The van der Waals surface area contributed by atoms with Crippen molar-refractivity contribution in [2.45, 2.75) is 0 Å². The average Bonchev–Trinajstić information content (AvgIpc) is 0.792. The Morgan fingerprint density at radius 3 is 0.596 bits per heavy atom. The van der Waals surface area contributed by atoms with Gasteiger partial charge in [-0.1, -0.05) is 54.6 Å². The molecular formula is C60H42F24N12O2P4Ru2. The number of halogens is 24. The smallest absolute Gasteiger partial charge is 0.457 e. The van der Waals surface area contributed by atoms with Crippen molar-refractivity contribution < 1.29 is 144 Å². The average molecular weight is 1750 g/mol. The van der Waals surface area contributed by atoms with E-state index in [4.69, 9.17) is 14.7 Å². The van der Waals surface area contributed by atoms with Gasteiger partial charge in [0.25, 0.3) is 0 Å². The van der Waals surface area contributed by atoms with E-state index in [1.54, 1.807) is 49.6 Å². The van der Waals surface area contributed by atoms with Crippen molar-refractivity contribution in [2.24, 2.45) is 0 Å². The zero-order chi connectivity index (χ0) is 75.8. The molecule has 0 saturated carbocycles. The molecule has 0 spiro atoms. The number of nitrogens with zero attached hydrogens (tertiary/aromatic N) is 11. The normalized spacial score (nSPS) is 13.7. The van der Waals surface area contributed by atoms with Gasteiger partial charge in [0.15, 0.2) is 5.43 Å². The first-order valence-corrected chi connectivity index (χ1v) is 35.5. The van der Waals surface area contributed by atoms with Crippen molar-refractivity contribution in [3.63, 3.8) is 0 Å². The first-order valence-electron chi connectivity index (χ1n) is 27.4. The maximum atomic E-state index is 11.8. The van der Waals surface area contributed by atoms with Gasteiger partial charge in [0.2, 0.25) is 0 Å². The van der Waals surface area contributed by atoms with E-state index < -0.39 is 31.2 Å². The summed E-state index contributed by atoms with van der Waals surface area (Å²) in [6.07, 6.45) is 13.9. The van der Waals surface area contributed by atoms with Crippen LogP contribution in [0.1, 0.15) is 0 Å². The van der Waals surface area contributed by atoms with Crippen LogP contribution in [0, 0.1) is 0 Å². The third kappa shape index (κ3) is 41.7. The van der Waals surface area contributed by atoms with Crippen LogP contribution in [0.15, 0.2) is 255 Å². The van der Waals surface area contributed by atoms with Gasteiger partial charge in [0, 0.05) is 86.0 Å². The largest absolute Gasteiger partial charge is 2.00 e. The molecule has 0 amide bonds. The van der Waals surface area contributed by atoms with Crippen molar-refractivity contribution in [1.29, 1.82) is 0 Å². The van der Waals surface area contributed by atoms with Gasteiger partial charge in [0.05, 0.1) is 91.1 Å². The summed E-state index contributed by atoms with van der Waals surface area (Å²) < 4.78 is 243. The fraction of sp³-hybridized carbons (Fsp3) is 0. The van der Waals surface area contributed by atoms with Crippen LogP contribution in [0.25, 0.3) is 91.1 Å². The van der Waals surface area contributed by atoms with E-state index in [1.807, 2.05) is 188 Å². The van der Waals surface area contributed by atoms with Crippen LogP contribution in [0.2, 0.25) is 0 Å². The SMILES string of the molecule is F[P-](F)(F)(F)(F)F.F[P-](F)(F)(F)(F)F.F[P-](F)(F)(F)(F)F.F[P-](F)(F)(F)(F)F.O=c1cc(-c2ccccn2)[nH]c(-c2ccccn2)c1.[Ru+2].[Ru+2].c1ccc(-c2cc(Oc3cc(-c4ccccn4)nc(-c4ccccn4)c3)cc(-c3ccccn3)n2)nc1.c1ccc(-c2cccc(-c3ccccn3)n2)nc1. The first kappa shape index (κ1) is 87.1. The van der Waals surface area contributed by atoms with Crippen LogP contribution in [0.3, 0.4) is 0 Å². The second-order valence-electron chi connectivity index (χ2n) is 19.9. The molecule has 12 rings (SSSR count). The number of rotatable bonds is 10. The molecule has 44 heteroatoms. The molecule has 0 atom stereocenters. The molecule has 104 heavy (non-hydrogen) atoms. The minimum atomic E-state index is -10.7. The molecule has 1 N–H and O–H groups in total. The van der Waals surface area contributed by atoms with Crippen LogP contribution in [-0.2, 0) is 39.0 Å². The molecule has 0 unspecified atom stereocenters. The fourth-order valence-electron chi connectivity index (χ4n) is 7.46. The molecule has 0 bridgehead atoms. The quantitative estimate of drug-likeness (QED) is 0.0776. The molecule has 0 aliphatic carbocycles. The number of ether oxygens (including phenoxy) is 1. The third-order valence-corrected chi connectivity index (χ3v) is 10.9. The molecule has 12 heterocycles. The van der Waals surface area contributed by atoms with E-state index in [0.717, 1.165) is 56.9 Å². The standard InChI is InChI=1S/C30H20N6O.C15H11N3O.C15H11N3.4F6P.2Ru/c1-5-13-31-23(9-1)27-17-21(18-28(35-27)24-10-2-6-14-32-24)37-22-19-29(25-11-3-7-15-33-25)36-30(20-22)26-12-4-8-16-34-26;19-11-9-14(12-5-1-3-7-16-12)18-15(10-11)13-6-2-4-8-17-13;1-3-10-16-12(6-1)14-8-5-9-15(18-14)13-7-2-4-11-17-13;4*1-7(2,3,4,5)6;;/h1-20H;1-10H,(H,18,19);1-11H;;;;;;/q;;;4*-1;2*+2. The van der Waals surface area contributed by atoms with E-state index in [2.05, 4.69) is 49.8 Å². The molecule has 12 aromatic rings. The Balaban J connectivity index is 0.000000290. The van der Waals surface area contributed by atoms with Crippen molar-refractivity contribution in [3.8, 4) is 103 Å². The second-order valence-corrected chi connectivity index (χ2v) is 27.5. The summed E-state index contributed by atoms with van der Waals surface area (Å²) in [5, 5.41) is 0. The molecule has 0 aliphatic rings. The summed E-state index contributed by atoms with van der Waals surface area (Å²) in [5.74, 6) is 1.20. The predicted octanol–water partition coefficient (Wildman–Crippen LogP) is 25.7. The maximum Gasteiger partial charge on any atom is 2.00 e. The number of hydrogen-bond acceptors (Lipinski definition) is 13. The Morgan fingerprint density at radius 2 is 0.404 bits per heavy atom. The van der Waals surface area contributed by atoms with Gasteiger partial charge in [-0.25, -0.2) is 15.0 Å². The molecule has 0 saturated heterocycles. The number of aromatic amines is 1. The summed E-state index contributed by atoms with van der Waals surface area (Å²) >= 11 is 0. The van der Waals surface area contributed by atoms with E-state index in [9.17, 15) is 106 Å². The van der Waals surface area contributed by atoms with Crippen LogP contribution in [0.5, 0.6) is 11.5 Å². The van der Waals surface area contributed by atoms with E-state index in [0.29, 0.717) is 45.7 Å². The van der Waals surface area contributed by atoms with Crippen molar-refractivity contribution in [1.82, 2.24) is 59.8 Å². The Labute approximate surface area is 595 Å². The summed E-state index contributed by atoms with van der Waals surface area (Å²) in [5.41, 5.74) is 11.9. The zero-order valence-electron chi connectivity index (χ0n) is 51.0. The van der Waals surface area contributed by atoms with Gasteiger partial charge in [0.1, 0.15) is 11.5 Å². The number of aromatic nitrogens is 12. The van der Waals surface area contributed by atoms with Gasteiger partial charge in [-0.15, -0.1) is 0 Å². The van der Waals surface area contributed by atoms with Crippen LogP contribution in [0.4, 0.5) is 101 Å². The van der Waals surface area contributed by atoms with Crippen molar-refractivity contribution in [3.05, 3.63) is 260 Å². The first-order chi connectivity index (χ1) is 46.4. The summed E-state index contributed by atoms with van der Waals surface area (Å²) in [6, 6.07) is 62.1. The minimum absolute atomic E-state index is 0. The van der Waals surface area contributed by atoms with E-state index >= 15 is 0 Å². The number of hydrogen-bond donors (Lipinski definition) is 1. The Morgan fingerprint density at radius 1 is 0.231 bits per heavy atom. The minimum Gasteiger partial charge on any atom is -0.457 e. The molecule has 12 aromatic heterocycles. The zero-order valence-corrected chi connectivity index (χ0v) is 58.0. The molecule has 0 fully saturated rings. The van der Waals surface area contributed by atoms with Crippen molar-refractivity contribution in [2.75, 3.05) is 0 Å². The van der Waals surface area contributed by atoms with Gasteiger partial charge in [-0.05, 0) is 109 Å². The summed E-state index contributed by atoms with van der Waals surface area (Å²) in [6.45, 7) is 0. The molecule has 0 radical (unpaired) electrons. The van der Waals surface area contributed by atoms with Gasteiger partial charge < -0.3 is 9.72 Å². The van der Waals surface area contributed by atoms with E-state index in [-0.39, 0.29) is 44.4 Å². The van der Waals surface area contributed by atoms with Crippen LogP contribution < -0.4 is 10.2 Å². The molecular weight excluding hydrogens is 1700 g/mol. The van der Waals surface area contributed by atoms with Gasteiger partial charge in [-0.2, -0.15) is 0 Å². The maximum absolute atomic E-state index is 11.8. The molecule has 558 valence electrons. The van der Waals surface area contributed by atoms with Crippen molar-refractivity contribution >= 4 is 31.2 Å². The third-order valence-electron chi connectivity index (χ3n) is 10.9. The summed E-state index contributed by atoms with van der Waals surface area (Å²) in [7, 11) is -42.6. The molecule has 0 aliphatic heterocycles. The predicted molar refractivity (Wildman–Crippen MR) is 340 cm³/mol. The molecule has 14 nitrogen and oxygen atoms in total. The number of pyridine rings is 12. The topological polar surface area (TPSA) is 184 Å². The Kier molecular flexibility index (Phi) is 25.8. The van der Waals surface area contributed by atoms with Gasteiger partial charge >= 0.3 is 171 Å². The van der Waals surface area contributed by atoms with E-state index in [1.165, 1.54) is 12.1 Å². The Hall–Kier alpha value is -9.31. The van der Waals surface area contributed by atoms with Crippen LogP contribution >= 0.6 is 31.2 Å². The Bertz CT molecular complexity index is 4310. The monoisotopic (exact) mass is 1750 g/mol. The van der Waals surface area contributed by atoms with Gasteiger partial charge in [-0.3, -0.25) is 44.7 Å². The van der Waals surface area contributed by atoms with Crippen LogP contribution in [-0.4, -0.2) is 59.8 Å². The number of nitrogens with one attached hydrogen (secondary N) is 1. The number of H-pyrrole nitrogens is 1.